The highest BCUT2D eigenvalue weighted by Gasteiger charge is 2.34. The molecule has 1 atom stereocenters. The molecule has 1 aliphatic heterocycles. The van der Waals surface area contributed by atoms with Crippen LogP contribution < -0.4 is 10.6 Å². The molecule has 1 unspecified atom stereocenters. The van der Waals surface area contributed by atoms with E-state index in [-0.39, 0.29) is 11.6 Å². The third kappa shape index (κ3) is 3.92. The third-order valence-electron chi connectivity index (χ3n) is 4.08. The third-order valence-corrected chi connectivity index (χ3v) is 4.08. The van der Waals surface area contributed by atoms with E-state index in [1.807, 2.05) is 0 Å². The number of nitrogens with one attached hydrogen (secondary N) is 2. The van der Waals surface area contributed by atoms with E-state index < -0.39 is 11.7 Å². The highest BCUT2D eigenvalue weighted by molar-refractivity contribution is 5.68. The first kappa shape index (κ1) is 16.0. The Morgan fingerprint density at radius 3 is 2.43 bits per heavy atom. The Bertz CT molecular complexity index is 647. The smallest absolute Gasteiger partial charge is 0.314 e. The summed E-state index contributed by atoms with van der Waals surface area (Å²) in [5, 5.41) is 6.58. The SMILES string of the molecule is FC(F)(F)c1cc(CC2CNCCN2)ccc1-c1ccccc1. The lowest BCUT2D eigenvalue weighted by Gasteiger charge is -2.25. The lowest BCUT2D eigenvalue weighted by Crippen LogP contribution is -2.49. The molecule has 1 aliphatic rings. The van der Waals surface area contributed by atoms with E-state index in [4.69, 9.17) is 0 Å². The monoisotopic (exact) mass is 320 g/mol. The van der Waals surface area contributed by atoms with Crippen LogP contribution in [0, 0.1) is 0 Å². The maximum Gasteiger partial charge on any atom is 0.417 e. The van der Waals surface area contributed by atoms with E-state index in [1.165, 1.54) is 6.07 Å². The summed E-state index contributed by atoms with van der Waals surface area (Å²) in [4.78, 5) is 0. The summed E-state index contributed by atoms with van der Waals surface area (Å²) >= 11 is 0. The van der Waals surface area contributed by atoms with Gasteiger partial charge in [0, 0.05) is 25.7 Å². The van der Waals surface area contributed by atoms with Crippen LogP contribution in [0.1, 0.15) is 11.1 Å². The van der Waals surface area contributed by atoms with Gasteiger partial charge in [-0.2, -0.15) is 13.2 Å². The Morgan fingerprint density at radius 2 is 1.78 bits per heavy atom. The minimum Gasteiger partial charge on any atom is -0.314 e. The lowest BCUT2D eigenvalue weighted by atomic mass is 9.94. The highest BCUT2D eigenvalue weighted by Crippen LogP contribution is 2.37. The topological polar surface area (TPSA) is 24.1 Å². The van der Waals surface area contributed by atoms with Crippen LogP contribution in [0.15, 0.2) is 48.5 Å². The molecule has 0 aromatic heterocycles. The number of rotatable bonds is 3. The molecule has 23 heavy (non-hydrogen) atoms. The lowest BCUT2D eigenvalue weighted by molar-refractivity contribution is -0.137. The fourth-order valence-electron chi connectivity index (χ4n) is 2.96. The Morgan fingerprint density at radius 1 is 1.00 bits per heavy atom. The molecule has 3 rings (SSSR count). The predicted octanol–water partition coefficient (Wildman–Crippen LogP) is 3.48. The molecule has 0 aliphatic carbocycles. The van der Waals surface area contributed by atoms with Crippen LogP contribution in [0.25, 0.3) is 11.1 Å². The first-order valence-electron chi connectivity index (χ1n) is 7.74. The van der Waals surface area contributed by atoms with Gasteiger partial charge in [0.1, 0.15) is 0 Å². The predicted molar refractivity (Wildman–Crippen MR) is 85.2 cm³/mol. The molecule has 1 saturated heterocycles. The molecule has 2 N–H and O–H groups in total. The van der Waals surface area contributed by atoms with Gasteiger partial charge in [0.2, 0.25) is 0 Å². The van der Waals surface area contributed by atoms with Crippen molar-refractivity contribution in [2.24, 2.45) is 0 Å². The van der Waals surface area contributed by atoms with Crippen LogP contribution in [-0.2, 0) is 12.6 Å². The molecule has 0 radical (unpaired) electrons. The second-order valence-corrected chi connectivity index (χ2v) is 5.80. The average molecular weight is 320 g/mol. The first-order chi connectivity index (χ1) is 11.0. The van der Waals surface area contributed by atoms with Crippen molar-refractivity contribution in [3.8, 4) is 11.1 Å². The Kier molecular flexibility index (Phi) is 4.68. The quantitative estimate of drug-likeness (QED) is 0.905. The standard InChI is InChI=1S/C18H19F3N2/c19-18(20,21)17-11-13(10-15-12-22-8-9-23-15)6-7-16(17)14-4-2-1-3-5-14/h1-7,11,15,22-23H,8-10,12H2. The molecular weight excluding hydrogens is 301 g/mol. The van der Waals surface area contributed by atoms with Gasteiger partial charge >= 0.3 is 6.18 Å². The van der Waals surface area contributed by atoms with Gasteiger partial charge in [-0.3, -0.25) is 0 Å². The van der Waals surface area contributed by atoms with Crippen LogP contribution >= 0.6 is 0 Å². The maximum atomic E-state index is 13.5. The van der Waals surface area contributed by atoms with Gasteiger partial charge in [0.25, 0.3) is 0 Å². The molecular formula is C18H19F3N2. The number of hydrogen-bond acceptors (Lipinski definition) is 2. The minimum absolute atomic E-state index is 0.174. The van der Waals surface area contributed by atoms with Gasteiger partial charge in [-0.1, -0.05) is 42.5 Å². The summed E-state index contributed by atoms with van der Waals surface area (Å²) in [6.45, 7) is 2.53. The van der Waals surface area contributed by atoms with Crippen molar-refractivity contribution in [2.45, 2.75) is 18.6 Å². The number of piperazine rings is 1. The molecule has 0 saturated carbocycles. The molecule has 0 amide bonds. The van der Waals surface area contributed by atoms with Crippen molar-refractivity contribution in [3.63, 3.8) is 0 Å². The molecule has 0 bridgehead atoms. The van der Waals surface area contributed by atoms with Crippen LogP contribution in [0.4, 0.5) is 13.2 Å². The van der Waals surface area contributed by atoms with Crippen molar-refractivity contribution in [2.75, 3.05) is 19.6 Å². The highest BCUT2D eigenvalue weighted by atomic mass is 19.4. The zero-order valence-electron chi connectivity index (χ0n) is 12.7. The van der Waals surface area contributed by atoms with E-state index in [2.05, 4.69) is 10.6 Å². The van der Waals surface area contributed by atoms with Crippen LogP contribution in [0.5, 0.6) is 0 Å². The molecule has 0 spiro atoms. The summed E-state index contributed by atoms with van der Waals surface area (Å²) in [5.41, 5.74) is 0.962. The van der Waals surface area contributed by atoms with Crippen molar-refractivity contribution in [1.29, 1.82) is 0 Å². The molecule has 2 nitrogen and oxygen atoms in total. The molecule has 1 heterocycles. The summed E-state index contributed by atoms with van der Waals surface area (Å²) in [6, 6.07) is 13.6. The molecule has 5 heteroatoms. The molecule has 122 valence electrons. The van der Waals surface area contributed by atoms with Crippen molar-refractivity contribution in [3.05, 3.63) is 59.7 Å². The second-order valence-electron chi connectivity index (χ2n) is 5.80. The van der Waals surface area contributed by atoms with Crippen LogP contribution in [0.2, 0.25) is 0 Å². The molecule has 2 aromatic carbocycles. The van der Waals surface area contributed by atoms with Crippen LogP contribution in [-0.4, -0.2) is 25.7 Å². The summed E-state index contributed by atoms with van der Waals surface area (Å²) in [7, 11) is 0. The first-order valence-corrected chi connectivity index (χ1v) is 7.74. The fraction of sp³-hybridized carbons (Fsp3) is 0.333. The van der Waals surface area contributed by atoms with Gasteiger partial charge in [-0.25, -0.2) is 0 Å². The zero-order chi connectivity index (χ0) is 16.3. The summed E-state index contributed by atoms with van der Waals surface area (Å²) < 4.78 is 40.4. The number of benzene rings is 2. The zero-order valence-corrected chi connectivity index (χ0v) is 12.7. The average Bonchev–Trinajstić information content (AvgIpc) is 2.56. The van der Waals surface area contributed by atoms with Crippen LogP contribution in [0.3, 0.4) is 0 Å². The van der Waals surface area contributed by atoms with Gasteiger partial charge in [-0.15, -0.1) is 0 Å². The van der Waals surface area contributed by atoms with Gasteiger partial charge < -0.3 is 10.6 Å². The van der Waals surface area contributed by atoms with Crippen molar-refractivity contribution in [1.82, 2.24) is 10.6 Å². The fourth-order valence-corrected chi connectivity index (χ4v) is 2.96. The minimum atomic E-state index is -4.36. The summed E-state index contributed by atoms with van der Waals surface area (Å²) in [5.74, 6) is 0. The maximum absolute atomic E-state index is 13.5. The Balaban J connectivity index is 1.92. The largest absolute Gasteiger partial charge is 0.417 e. The Hall–Kier alpha value is -1.85. The van der Waals surface area contributed by atoms with E-state index in [0.717, 1.165) is 19.6 Å². The van der Waals surface area contributed by atoms with Gasteiger partial charge in [0.05, 0.1) is 5.56 Å². The van der Waals surface area contributed by atoms with Gasteiger partial charge in [0.15, 0.2) is 0 Å². The number of halogens is 3. The molecule has 2 aromatic rings. The van der Waals surface area contributed by atoms with E-state index in [0.29, 0.717) is 17.5 Å². The Labute approximate surface area is 133 Å². The van der Waals surface area contributed by atoms with Crippen molar-refractivity contribution >= 4 is 0 Å². The van der Waals surface area contributed by atoms with E-state index in [1.54, 1.807) is 42.5 Å². The van der Waals surface area contributed by atoms with E-state index >= 15 is 0 Å². The van der Waals surface area contributed by atoms with Crippen molar-refractivity contribution < 1.29 is 13.2 Å². The van der Waals surface area contributed by atoms with Gasteiger partial charge in [-0.05, 0) is 29.2 Å². The number of hydrogen-bond donors (Lipinski definition) is 2. The molecule has 1 fully saturated rings. The normalized spacial score (nSPS) is 18.8. The van der Waals surface area contributed by atoms with E-state index in [9.17, 15) is 13.2 Å². The number of alkyl halides is 3. The summed E-state index contributed by atoms with van der Waals surface area (Å²) in [6.07, 6.45) is -3.77. The second kappa shape index (κ2) is 6.72.